The summed E-state index contributed by atoms with van der Waals surface area (Å²) in [5, 5.41) is 8.45. The quantitative estimate of drug-likeness (QED) is 0.393. The normalized spacial score (nSPS) is 32.5. The number of aliphatic imine (C=N–C) groups is 1. The summed E-state index contributed by atoms with van der Waals surface area (Å²) in [6, 6.07) is -0.528. The lowest BCUT2D eigenvalue weighted by Crippen LogP contribution is -2.46. The fourth-order valence-corrected chi connectivity index (χ4v) is 4.57. The van der Waals surface area contributed by atoms with Crippen LogP contribution >= 0.6 is 11.8 Å². The zero-order valence-corrected chi connectivity index (χ0v) is 13.7. The standard InChI is InChI=1S/C15H22N4O2S/c1-16-13(20)18-15(22-2)19-14(21)17-11-6-5-10-8-3-4-9(7-8)12(10)11/h4,8,10-12H,3,5-7H2,1-2H3,(H3,16,17,18,19,20,21). The Balaban J connectivity index is 1.58. The van der Waals surface area contributed by atoms with Gasteiger partial charge in [0.25, 0.3) is 0 Å². The lowest BCUT2D eigenvalue weighted by molar-refractivity contribution is 0.237. The van der Waals surface area contributed by atoms with Crippen LogP contribution in [-0.4, -0.2) is 36.6 Å². The van der Waals surface area contributed by atoms with E-state index in [0.717, 1.165) is 18.3 Å². The number of amides is 4. The van der Waals surface area contributed by atoms with Crippen molar-refractivity contribution in [2.24, 2.45) is 22.7 Å². The highest BCUT2D eigenvalue weighted by Gasteiger charge is 2.49. The van der Waals surface area contributed by atoms with Crippen LogP contribution in [0.3, 0.4) is 0 Å². The molecule has 120 valence electrons. The van der Waals surface area contributed by atoms with Gasteiger partial charge in [0.1, 0.15) is 0 Å². The molecule has 3 rings (SSSR count). The number of thioether (sulfide) groups is 1. The maximum absolute atomic E-state index is 12.2. The fourth-order valence-electron chi connectivity index (χ4n) is 4.20. The van der Waals surface area contributed by atoms with Crippen LogP contribution in [0.4, 0.5) is 9.59 Å². The second-order valence-corrected chi connectivity index (χ2v) is 6.92. The number of amidine groups is 1. The average Bonchev–Trinajstić information content (AvgIpc) is 3.20. The first-order valence-corrected chi connectivity index (χ1v) is 8.95. The lowest BCUT2D eigenvalue weighted by atomic mass is 9.85. The molecule has 4 unspecified atom stereocenters. The number of carbonyl (C=O) groups is 2. The van der Waals surface area contributed by atoms with Crippen molar-refractivity contribution in [2.75, 3.05) is 13.3 Å². The smallest absolute Gasteiger partial charge is 0.339 e. The minimum atomic E-state index is -0.469. The number of carbonyl (C=O) groups excluding carboxylic acids is 2. The van der Waals surface area contributed by atoms with Crippen molar-refractivity contribution >= 4 is 29.0 Å². The van der Waals surface area contributed by atoms with Gasteiger partial charge in [0.2, 0.25) is 0 Å². The van der Waals surface area contributed by atoms with Crippen LogP contribution in [0, 0.1) is 17.8 Å². The molecule has 3 aliphatic rings. The van der Waals surface area contributed by atoms with Gasteiger partial charge in [-0.3, -0.25) is 5.32 Å². The maximum Gasteiger partial charge on any atom is 0.343 e. The molecule has 3 N–H and O–H groups in total. The number of nitrogens with zero attached hydrogens (tertiary/aromatic N) is 1. The molecule has 2 fully saturated rings. The van der Waals surface area contributed by atoms with E-state index in [-0.39, 0.29) is 12.1 Å². The Morgan fingerprint density at radius 1 is 1.36 bits per heavy atom. The molecule has 0 aliphatic heterocycles. The van der Waals surface area contributed by atoms with Crippen LogP contribution in [0.1, 0.15) is 25.7 Å². The Labute approximate surface area is 134 Å². The zero-order chi connectivity index (χ0) is 15.7. The van der Waals surface area contributed by atoms with Gasteiger partial charge in [-0.05, 0) is 43.8 Å². The fraction of sp³-hybridized carbons (Fsp3) is 0.667. The van der Waals surface area contributed by atoms with Gasteiger partial charge < -0.3 is 10.6 Å². The SMILES string of the molecule is CNC(=O)N=C(NC(=O)NC1CCC2C3CC=C(C3)C12)SC. The summed E-state index contributed by atoms with van der Waals surface area (Å²) in [7, 11) is 1.51. The van der Waals surface area contributed by atoms with Crippen LogP contribution in [0.15, 0.2) is 16.6 Å². The summed E-state index contributed by atoms with van der Waals surface area (Å²) < 4.78 is 0. The summed E-state index contributed by atoms with van der Waals surface area (Å²) in [5.41, 5.74) is 1.54. The number of fused-ring (bicyclic) bond motifs is 5. The van der Waals surface area contributed by atoms with E-state index in [0.29, 0.717) is 11.1 Å². The second kappa shape index (κ2) is 6.32. The van der Waals surface area contributed by atoms with E-state index in [2.05, 4.69) is 27.0 Å². The number of nitrogens with one attached hydrogen (secondary N) is 3. The molecular weight excluding hydrogens is 300 g/mol. The number of rotatable bonds is 1. The molecule has 0 radical (unpaired) electrons. The third kappa shape index (κ3) is 2.86. The largest absolute Gasteiger partial charge is 0.343 e. The van der Waals surface area contributed by atoms with Gasteiger partial charge in [0.15, 0.2) is 5.17 Å². The van der Waals surface area contributed by atoms with Gasteiger partial charge >= 0.3 is 12.1 Å². The van der Waals surface area contributed by atoms with Gasteiger partial charge in [-0.15, -0.1) is 0 Å². The third-order valence-corrected chi connectivity index (χ3v) is 5.65. The summed E-state index contributed by atoms with van der Waals surface area (Å²) in [4.78, 5) is 27.2. The molecular formula is C15H22N4O2S. The van der Waals surface area contributed by atoms with Crippen molar-refractivity contribution in [2.45, 2.75) is 31.7 Å². The Morgan fingerprint density at radius 2 is 2.18 bits per heavy atom. The van der Waals surface area contributed by atoms with E-state index in [9.17, 15) is 9.59 Å². The molecule has 0 aromatic carbocycles. The van der Waals surface area contributed by atoms with Gasteiger partial charge in [-0.1, -0.05) is 23.4 Å². The summed E-state index contributed by atoms with van der Waals surface area (Å²) in [5.74, 6) is 2.09. The van der Waals surface area contributed by atoms with E-state index >= 15 is 0 Å². The maximum atomic E-state index is 12.2. The molecule has 2 saturated carbocycles. The molecule has 4 amide bonds. The van der Waals surface area contributed by atoms with Crippen molar-refractivity contribution in [1.29, 1.82) is 0 Å². The van der Waals surface area contributed by atoms with E-state index in [4.69, 9.17) is 0 Å². The van der Waals surface area contributed by atoms with Crippen LogP contribution in [0.5, 0.6) is 0 Å². The molecule has 3 aliphatic carbocycles. The monoisotopic (exact) mass is 322 g/mol. The molecule has 2 bridgehead atoms. The van der Waals surface area contributed by atoms with E-state index in [1.165, 1.54) is 38.1 Å². The molecule has 22 heavy (non-hydrogen) atoms. The van der Waals surface area contributed by atoms with Crippen molar-refractivity contribution in [1.82, 2.24) is 16.0 Å². The molecule has 0 saturated heterocycles. The van der Waals surface area contributed by atoms with E-state index in [1.807, 2.05) is 0 Å². The predicted octanol–water partition coefficient (Wildman–Crippen LogP) is 2.09. The Kier molecular flexibility index (Phi) is 4.42. The minimum Gasteiger partial charge on any atom is -0.339 e. The first kappa shape index (κ1) is 15.4. The summed E-state index contributed by atoms with van der Waals surface area (Å²) in [6.45, 7) is 0. The third-order valence-electron chi connectivity index (χ3n) is 5.07. The van der Waals surface area contributed by atoms with Gasteiger partial charge in [-0.25, -0.2) is 9.59 Å². The van der Waals surface area contributed by atoms with Crippen LogP contribution < -0.4 is 16.0 Å². The zero-order valence-electron chi connectivity index (χ0n) is 12.9. The lowest BCUT2D eigenvalue weighted by Gasteiger charge is -2.25. The molecule has 7 heteroatoms. The number of hydrogen-bond acceptors (Lipinski definition) is 3. The van der Waals surface area contributed by atoms with Crippen LogP contribution in [0.2, 0.25) is 0 Å². The van der Waals surface area contributed by atoms with Gasteiger partial charge in [-0.2, -0.15) is 4.99 Å². The Morgan fingerprint density at radius 3 is 2.91 bits per heavy atom. The van der Waals surface area contributed by atoms with Crippen molar-refractivity contribution in [3.05, 3.63) is 11.6 Å². The van der Waals surface area contributed by atoms with Crippen LogP contribution in [0.25, 0.3) is 0 Å². The first-order valence-electron chi connectivity index (χ1n) is 7.73. The number of urea groups is 2. The highest BCUT2D eigenvalue weighted by molar-refractivity contribution is 8.13. The molecule has 0 aromatic heterocycles. The highest BCUT2D eigenvalue weighted by Crippen LogP contribution is 2.55. The molecule has 0 heterocycles. The highest BCUT2D eigenvalue weighted by atomic mass is 32.2. The number of allylic oxidation sites excluding steroid dienone is 1. The topological polar surface area (TPSA) is 82.6 Å². The first-order chi connectivity index (χ1) is 10.6. The summed E-state index contributed by atoms with van der Waals surface area (Å²) >= 11 is 1.24. The number of hydrogen-bond donors (Lipinski definition) is 3. The molecule has 6 nitrogen and oxygen atoms in total. The van der Waals surface area contributed by atoms with Crippen molar-refractivity contribution < 1.29 is 9.59 Å². The van der Waals surface area contributed by atoms with E-state index < -0.39 is 6.03 Å². The van der Waals surface area contributed by atoms with Crippen LogP contribution in [-0.2, 0) is 0 Å². The average molecular weight is 322 g/mol. The Hall–Kier alpha value is -1.50. The van der Waals surface area contributed by atoms with E-state index in [1.54, 1.807) is 11.8 Å². The molecule has 0 spiro atoms. The van der Waals surface area contributed by atoms with Gasteiger partial charge in [0, 0.05) is 19.0 Å². The van der Waals surface area contributed by atoms with Crippen molar-refractivity contribution in [3.63, 3.8) is 0 Å². The minimum absolute atomic E-state index is 0.213. The van der Waals surface area contributed by atoms with Crippen molar-refractivity contribution in [3.8, 4) is 0 Å². The molecule has 0 aromatic rings. The second-order valence-electron chi connectivity index (χ2n) is 6.13. The van der Waals surface area contributed by atoms with Gasteiger partial charge in [0.05, 0.1) is 0 Å². The predicted molar refractivity (Wildman–Crippen MR) is 87.9 cm³/mol. The molecule has 4 atom stereocenters. The Bertz CT molecular complexity index is 546. The summed E-state index contributed by atoms with van der Waals surface area (Å²) in [6.07, 6.45) is 8.84.